The van der Waals surface area contributed by atoms with E-state index in [0.29, 0.717) is 12.5 Å². The third-order valence-electron chi connectivity index (χ3n) is 3.52. The highest BCUT2D eigenvalue weighted by molar-refractivity contribution is 5.50. The number of para-hydroxylation sites is 1. The van der Waals surface area contributed by atoms with E-state index in [0.717, 1.165) is 18.8 Å². The molecule has 92 valence electrons. The van der Waals surface area contributed by atoms with E-state index in [1.807, 2.05) is 6.20 Å². The molecular weight excluding hydrogens is 222 g/mol. The lowest BCUT2D eigenvalue weighted by Gasteiger charge is -2.41. The van der Waals surface area contributed by atoms with Crippen LogP contribution in [0, 0.1) is 0 Å². The van der Waals surface area contributed by atoms with Crippen LogP contribution in [0.15, 0.2) is 48.7 Å². The predicted octanol–water partition coefficient (Wildman–Crippen LogP) is 2.14. The number of pyridine rings is 1. The first-order valence-electron chi connectivity index (χ1n) is 6.31. The normalized spacial score (nSPS) is 15.5. The van der Waals surface area contributed by atoms with E-state index in [9.17, 15) is 0 Å². The first-order valence-corrected chi connectivity index (χ1v) is 6.31. The monoisotopic (exact) mass is 239 g/mol. The number of benzene rings is 1. The number of hydrogen-bond donors (Lipinski definition) is 1. The molecule has 2 N–H and O–H groups in total. The van der Waals surface area contributed by atoms with Gasteiger partial charge < -0.3 is 10.6 Å². The van der Waals surface area contributed by atoms with Crippen molar-refractivity contribution in [2.75, 3.05) is 18.0 Å². The minimum absolute atomic E-state index is 0.517. The second-order valence-corrected chi connectivity index (χ2v) is 4.72. The Morgan fingerprint density at radius 3 is 2.67 bits per heavy atom. The average molecular weight is 239 g/mol. The molecule has 2 aromatic rings. The SMILES string of the molecule is NCc1cc(C2CN(c3ccccc3)C2)ccn1. The summed E-state index contributed by atoms with van der Waals surface area (Å²) in [6.45, 7) is 2.68. The zero-order chi connectivity index (χ0) is 12.4. The average Bonchev–Trinajstić information content (AvgIpc) is 2.39. The van der Waals surface area contributed by atoms with Gasteiger partial charge in [0.1, 0.15) is 0 Å². The van der Waals surface area contributed by atoms with Crippen LogP contribution < -0.4 is 10.6 Å². The van der Waals surface area contributed by atoms with Gasteiger partial charge in [-0.3, -0.25) is 4.98 Å². The van der Waals surface area contributed by atoms with Crippen LogP contribution in [0.3, 0.4) is 0 Å². The molecule has 0 bridgehead atoms. The molecule has 0 spiro atoms. The first-order chi connectivity index (χ1) is 8.86. The van der Waals surface area contributed by atoms with Gasteiger partial charge in [-0.05, 0) is 29.8 Å². The van der Waals surface area contributed by atoms with E-state index in [1.165, 1.54) is 11.3 Å². The van der Waals surface area contributed by atoms with Crippen molar-refractivity contribution >= 4 is 5.69 Å². The largest absolute Gasteiger partial charge is 0.370 e. The van der Waals surface area contributed by atoms with Crippen molar-refractivity contribution in [1.82, 2.24) is 4.98 Å². The Morgan fingerprint density at radius 2 is 1.94 bits per heavy atom. The van der Waals surface area contributed by atoms with Gasteiger partial charge in [0.15, 0.2) is 0 Å². The molecular formula is C15H17N3. The molecule has 18 heavy (non-hydrogen) atoms. The maximum absolute atomic E-state index is 5.62. The molecule has 1 aromatic heterocycles. The van der Waals surface area contributed by atoms with Crippen LogP contribution in [0.25, 0.3) is 0 Å². The maximum atomic E-state index is 5.62. The van der Waals surface area contributed by atoms with Gasteiger partial charge in [-0.2, -0.15) is 0 Å². The van der Waals surface area contributed by atoms with Gasteiger partial charge in [0.05, 0.1) is 5.69 Å². The van der Waals surface area contributed by atoms with Crippen molar-refractivity contribution in [1.29, 1.82) is 0 Å². The van der Waals surface area contributed by atoms with Crippen LogP contribution in [-0.2, 0) is 6.54 Å². The molecule has 1 fully saturated rings. The zero-order valence-corrected chi connectivity index (χ0v) is 10.3. The van der Waals surface area contributed by atoms with Gasteiger partial charge in [0.2, 0.25) is 0 Å². The predicted molar refractivity (Wildman–Crippen MR) is 73.5 cm³/mol. The molecule has 1 saturated heterocycles. The molecule has 0 saturated carbocycles. The lowest BCUT2D eigenvalue weighted by atomic mass is 9.91. The third kappa shape index (κ3) is 2.09. The fourth-order valence-corrected chi connectivity index (χ4v) is 2.40. The van der Waals surface area contributed by atoms with Gasteiger partial charge in [0, 0.05) is 37.4 Å². The van der Waals surface area contributed by atoms with Crippen LogP contribution in [0.2, 0.25) is 0 Å². The minimum atomic E-state index is 0.517. The number of nitrogens with two attached hydrogens (primary N) is 1. The maximum Gasteiger partial charge on any atom is 0.0542 e. The second-order valence-electron chi connectivity index (χ2n) is 4.72. The molecule has 0 amide bonds. The van der Waals surface area contributed by atoms with Crippen LogP contribution >= 0.6 is 0 Å². The molecule has 2 heterocycles. The standard InChI is InChI=1S/C15H17N3/c16-9-14-8-12(6-7-17-14)13-10-18(11-13)15-4-2-1-3-5-15/h1-8,13H,9-11,16H2. The fraction of sp³-hybridized carbons (Fsp3) is 0.267. The molecule has 1 aromatic carbocycles. The Hall–Kier alpha value is -1.87. The molecule has 1 aliphatic heterocycles. The van der Waals surface area contributed by atoms with Crippen molar-refractivity contribution < 1.29 is 0 Å². The topological polar surface area (TPSA) is 42.1 Å². The Kier molecular flexibility index (Phi) is 2.99. The molecule has 3 nitrogen and oxygen atoms in total. The van der Waals surface area contributed by atoms with Crippen LogP contribution in [0.1, 0.15) is 17.2 Å². The van der Waals surface area contributed by atoms with Crippen molar-refractivity contribution in [3.8, 4) is 0 Å². The van der Waals surface area contributed by atoms with Gasteiger partial charge in [-0.25, -0.2) is 0 Å². The quantitative estimate of drug-likeness (QED) is 0.892. The lowest BCUT2D eigenvalue weighted by Crippen LogP contribution is -2.45. The number of nitrogens with zero attached hydrogens (tertiary/aromatic N) is 2. The van der Waals surface area contributed by atoms with E-state index >= 15 is 0 Å². The summed E-state index contributed by atoms with van der Waals surface area (Å²) in [6.07, 6.45) is 1.86. The Balaban J connectivity index is 1.68. The van der Waals surface area contributed by atoms with Crippen molar-refractivity contribution in [3.05, 3.63) is 59.9 Å². The Labute approximate surface area is 107 Å². The Morgan fingerprint density at radius 1 is 1.17 bits per heavy atom. The van der Waals surface area contributed by atoms with Crippen LogP contribution in [0.5, 0.6) is 0 Å². The summed E-state index contributed by atoms with van der Waals surface area (Å²) in [7, 11) is 0. The lowest BCUT2D eigenvalue weighted by molar-refractivity contribution is 0.524. The van der Waals surface area contributed by atoms with Gasteiger partial charge in [-0.1, -0.05) is 18.2 Å². The molecule has 0 aliphatic carbocycles. The molecule has 1 aliphatic rings. The first kappa shape index (κ1) is 11.2. The highest BCUT2D eigenvalue weighted by Gasteiger charge is 2.28. The smallest absolute Gasteiger partial charge is 0.0542 e. The summed E-state index contributed by atoms with van der Waals surface area (Å²) in [6, 6.07) is 14.8. The summed E-state index contributed by atoms with van der Waals surface area (Å²) < 4.78 is 0. The van der Waals surface area contributed by atoms with Crippen LogP contribution in [-0.4, -0.2) is 18.1 Å². The second kappa shape index (κ2) is 4.78. The Bertz CT molecular complexity index is 518. The minimum Gasteiger partial charge on any atom is -0.370 e. The zero-order valence-electron chi connectivity index (χ0n) is 10.3. The number of aromatic nitrogens is 1. The molecule has 0 atom stereocenters. The number of rotatable bonds is 3. The van der Waals surface area contributed by atoms with Crippen LogP contribution in [0.4, 0.5) is 5.69 Å². The number of hydrogen-bond acceptors (Lipinski definition) is 3. The van der Waals surface area contributed by atoms with E-state index in [4.69, 9.17) is 5.73 Å². The highest BCUT2D eigenvalue weighted by Crippen LogP contribution is 2.31. The van der Waals surface area contributed by atoms with E-state index in [2.05, 4.69) is 52.3 Å². The van der Waals surface area contributed by atoms with Crippen molar-refractivity contribution in [2.24, 2.45) is 5.73 Å². The molecule has 3 rings (SSSR count). The van der Waals surface area contributed by atoms with Gasteiger partial charge in [0.25, 0.3) is 0 Å². The summed E-state index contributed by atoms with van der Waals surface area (Å²) in [5, 5.41) is 0. The van der Waals surface area contributed by atoms with Crippen molar-refractivity contribution in [3.63, 3.8) is 0 Å². The summed E-state index contributed by atoms with van der Waals surface area (Å²) >= 11 is 0. The summed E-state index contributed by atoms with van der Waals surface area (Å²) in [5.74, 6) is 0.610. The third-order valence-corrected chi connectivity index (χ3v) is 3.52. The highest BCUT2D eigenvalue weighted by atomic mass is 15.2. The van der Waals surface area contributed by atoms with E-state index < -0.39 is 0 Å². The van der Waals surface area contributed by atoms with Gasteiger partial charge >= 0.3 is 0 Å². The molecule has 3 heteroatoms. The van der Waals surface area contributed by atoms with Crippen molar-refractivity contribution in [2.45, 2.75) is 12.5 Å². The molecule has 0 unspecified atom stereocenters. The van der Waals surface area contributed by atoms with E-state index in [1.54, 1.807) is 0 Å². The molecule has 0 radical (unpaired) electrons. The summed E-state index contributed by atoms with van der Waals surface area (Å²) in [4.78, 5) is 6.63. The van der Waals surface area contributed by atoms with Gasteiger partial charge in [-0.15, -0.1) is 0 Å². The van der Waals surface area contributed by atoms with E-state index in [-0.39, 0.29) is 0 Å². The summed E-state index contributed by atoms with van der Waals surface area (Å²) in [5.41, 5.74) is 9.27. The fourth-order valence-electron chi connectivity index (χ4n) is 2.40. The number of anilines is 1.